The van der Waals surface area contributed by atoms with Crippen molar-refractivity contribution in [2.45, 2.75) is 19.4 Å². The van der Waals surface area contributed by atoms with E-state index in [0.29, 0.717) is 24.9 Å². The van der Waals surface area contributed by atoms with E-state index in [1.54, 1.807) is 13.2 Å². The van der Waals surface area contributed by atoms with Crippen molar-refractivity contribution in [3.05, 3.63) is 71.1 Å². The standard InChI is InChI=1S/C25H27N5O2/c1-27-25(32)24-21(18-26-27)20-10-5-6-11-22(20)30(24)13-7-12-23(31)29-16-14-28(15-17-29)19-8-3-2-4-9-19/h2-6,8-11,18H,7,12-17H2,1H3. The van der Waals surface area contributed by atoms with Gasteiger partial charge in [-0.25, -0.2) is 4.68 Å². The molecule has 1 saturated heterocycles. The molecule has 7 heteroatoms. The maximum Gasteiger partial charge on any atom is 0.291 e. The molecule has 2 aromatic carbocycles. The zero-order valence-electron chi connectivity index (χ0n) is 18.3. The van der Waals surface area contributed by atoms with E-state index in [2.05, 4.69) is 26.7 Å². The summed E-state index contributed by atoms with van der Waals surface area (Å²) in [5, 5.41) is 6.09. The maximum absolute atomic E-state index is 12.8. The van der Waals surface area contributed by atoms with Crippen LogP contribution in [-0.4, -0.2) is 51.3 Å². The van der Waals surface area contributed by atoms with E-state index in [4.69, 9.17) is 0 Å². The number of nitrogens with zero attached hydrogens (tertiary/aromatic N) is 5. The molecule has 5 rings (SSSR count). The van der Waals surface area contributed by atoms with Crippen LogP contribution in [0.15, 0.2) is 65.6 Å². The lowest BCUT2D eigenvalue weighted by Gasteiger charge is -2.36. The van der Waals surface area contributed by atoms with Crippen LogP contribution in [-0.2, 0) is 18.4 Å². The van der Waals surface area contributed by atoms with Crippen LogP contribution >= 0.6 is 0 Å². The van der Waals surface area contributed by atoms with E-state index >= 15 is 0 Å². The van der Waals surface area contributed by atoms with Gasteiger partial charge in [0.2, 0.25) is 5.91 Å². The first kappa shape index (κ1) is 20.3. The summed E-state index contributed by atoms with van der Waals surface area (Å²) in [5.74, 6) is 0.188. The van der Waals surface area contributed by atoms with Gasteiger partial charge in [-0.3, -0.25) is 9.59 Å². The minimum Gasteiger partial charge on any atom is -0.368 e. The molecule has 0 aliphatic carbocycles. The minimum absolute atomic E-state index is 0.109. The Balaban J connectivity index is 1.26. The van der Waals surface area contributed by atoms with Gasteiger partial charge in [-0.05, 0) is 24.6 Å². The summed E-state index contributed by atoms with van der Waals surface area (Å²) in [6.07, 6.45) is 2.93. The Labute approximate surface area is 186 Å². The number of carbonyl (C=O) groups is 1. The van der Waals surface area contributed by atoms with Gasteiger partial charge in [0, 0.05) is 68.2 Å². The van der Waals surface area contributed by atoms with Gasteiger partial charge in [0.05, 0.1) is 6.20 Å². The second-order valence-electron chi connectivity index (χ2n) is 8.31. The first-order valence-electron chi connectivity index (χ1n) is 11.1. The van der Waals surface area contributed by atoms with Crippen molar-refractivity contribution in [1.82, 2.24) is 19.2 Å². The highest BCUT2D eigenvalue weighted by Crippen LogP contribution is 2.26. The molecule has 1 aliphatic rings. The van der Waals surface area contributed by atoms with Crippen LogP contribution in [0.1, 0.15) is 12.8 Å². The number of amides is 1. The van der Waals surface area contributed by atoms with Crippen LogP contribution in [0.5, 0.6) is 0 Å². The Morgan fingerprint density at radius 2 is 1.66 bits per heavy atom. The number of piperazine rings is 1. The van der Waals surface area contributed by atoms with Gasteiger partial charge in [0.1, 0.15) is 5.52 Å². The number of aryl methyl sites for hydroxylation is 2. The first-order valence-corrected chi connectivity index (χ1v) is 11.1. The minimum atomic E-state index is -0.109. The molecule has 1 fully saturated rings. The number of hydrogen-bond acceptors (Lipinski definition) is 4. The van der Waals surface area contributed by atoms with Gasteiger partial charge in [-0.2, -0.15) is 5.10 Å². The van der Waals surface area contributed by atoms with Gasteiger partial charge in [0.25, 0.3) is 5.56 Å². The molecule has 0 spiro atoms. The largest absolute Gasteiger partial charge is 0.368 e. The summed E-state index contributed by atoms with van der Waals surface area (Å²) < 4.78 is 3.42. The molecule has 3 heterocycles. The lowest BCUT2D eigenvalue weighted by molar-refractivity contribution is -0.131. The Bertz CT molecular complexity index is 1320. The highest BCUT2D eigenvalue weighted by atomic mass is 16.2. The summed E-state index contributed by atoms with van der Waals surface area (Å²) in [7, 11) is 1.67. The summed E-state index contributed by atoms with van der Waals surface area (Å²) in [6.45, 7) is 3.82. The van der Waals surface area contributed by atoms with Crippen molar-refractivity contribution in [2.75, 3.05) is 31.1 Å². The van der Waals surface area contributed by atoms with Crippen molar-refractivity contribution in [3.63, 3.8) is 0 Å². The van der Waals surface area contributed by atoms with Crippen LogP contribution in [0.25, 0.3) is 21.8 Å². The van der Waals surface area contributed by atoms with Gasteiger partial charge in [-0.15, -0.1) is 0 Å². The fourth-order valence-electron chi connectivity index (χ4n) is 4.67. The molecule has 0 bridgehead atoms. The number of para-hydroxylation sites is 2. The normalized spacial score (nSPS) is 14.4. The van der Waals surface area contributed by atoms with Crippen molar-refractivity contribution in [1.29, 1.82) is 0 Å². The maximum atomic E-state index is 12.8. The van der Waals surface area contributed by atoms with Crippen molar-refractivity contribution >= 4 is 33.4 Å². The summed E-state index contributed by atoms with van der Waals surface area (Å²) >= 11 is 0. The molecule has 0 saturated carbocycles. The average Bonchev–Trinajstić information content (AvgIpc) is 3.16. The number of rotatable bonds is 5. The Hall–Kier alpha value is -3.61. The number of anilines is 1. The van der Waals surface area contributed by atoms with E-state index in [1.807, 2.05) is 47.4 Å². The first-order chi connectivity index (χ1) is 15.6. The van der Waals surface area contributed by atoms with Crippen molar-refractivity contribution in [2.24, 2.45) is 7.05 Å². The molecule has 1 aliphatic heterocycles. The smallest absolute Gasteiger partial charge is 0.291 e. The molecule has 0 radical (unpaired) electrons. The Morgan fingerprint density at radius 1 is 0.938 bits per heavy atom. The molecule has 0 unspecified atom stereocenters. The van der Waals surface area contributed by atoms with E-state index in [0.717, 1.165) is 42.5 Å². The Morgan fingerprint density at radius 3 is 2.44 bits per heavy atom. The molecule has 4 aromatic rings. The zero-order chi connectivity index (χ0) is 22.1. The zero-order valence-corrected chi connectivity index (χ0v) is 18.3. The number of fused-ring (bicyclic) bond motifs is 3. The topological polar surface area (TPSA) is 63.4 Å². The molecule has 0 atom stereocenters. The third-order valence-corrected chi connectivity index (χ3v) is 6.39. The van der Waals surface area contributed by atoms with Crippen LogP contribution in [0.3, 0.4) is 0 Å². The molecule has 0 N–H and O–H groups in total. The monoisotopic (exact) mass is 429 g/mol. The summed E-state index contributed by atoms with van der Waals surface area (Å²) in [4.78, 5) is 29.9. The van der Waals surface area contributed by atoms with Crippen LogP contribution in [0.4, 0.5) is 5.69 Å². The molecule has 1 amide bonds. The number of aromatic nitrogens is 3. The van der Waals surface area contributed by atoms with E-state index in [1.165, 1.54) is 10.4 Å². The second-order valence-corrected chi connectivity index (χ2v) is 8.31. The predicted octanol–water partition coefficient (Wildman–Crippen LogP) is 3.02. The van der Waals surface area contributed by atoms with Crippen LogP contribution in [0.2, 0.25) is 0 Å². The molecule has 7 nitrogen and oxygen atoms in total. The molecule has 32 heavy (non-hydrogen) atoms. The van der Waals surface area contributed by atoms with Crippen LogP contribution in [0, 0.1) is 0 Å². The van der Waals surface area contributed by atoms with Crippen molar-refractivity contribution in [3.8, 4) is 0 Å². The lowest BCUT2D eigenvalue weighted by Crippen LogP contribution is -2.48. The van der Waals surface area contributed by atoms with E-state index in [-0.39, 0.29) is 11.5 Å². The molecule has 2 aromatic heterocycles. The summed E-state index contributed by atoms with van der Waals surface area (Å²) in [5.41, 5.74) is 2.77. The molecule has 164 valence electrons. The number of hydrogen-bond donors (Lipinski definition) is 0. The highest BCUT2D eigenvalue weighted by molar-refractivity contribution is 6.07. The predicted molar refractivity (Wildman–Crippen MR) is 127 cm³/mol. The lowest BCUT2D eigenvalue weighted by atomic mass is 10.2. The number of carbonyl (C=O) groups excluding carboxylic acids is 1. The Kier molecular flexibility index (Phi) is 5.39. The quantitative estimate of drug-likeness (QED) is 0.489. The summed E-state index contributed by atoms with van der Waals surface area (Å²) in [6, 6.07) is 18.3. The van der Waals surface area contributed by atoms with Gasteiger partial charge >= 0.3 is 0 Å². The molecular formula is C25H27N5O2. The second kappa shape index (κ2) is 8.49. The van der Waals surface area contributed by atoms with Gasteiger partial charge < -0.3 is 14.4 Å². The average molecular weight is 430 g/mol. The third kappa shape index (κ3) is 3.64. The van der Waals surface area contributed by atoms with Gasteiger partial charge in [-0.1, -0.05) is 36.4 Å². The van der Waals surface area contributed by atoms with Crippen molar-refractivity contribution < 1.29 is 4.79 Å². The molecular weight excluding hydrogens is 402 g/mol. The SMILES string of the molecule is Cn1ncc2c3ccccc3n(CCCC(=O)N3CCN(c4ccccc4)CC3)c2c1=O. The highest BCUT2D eigenvalue weighted by Gasteiger charge is 2.21. The fourth-order valence-corrected chi connectivity index (χ4v) is 4.67. The van der Waals surface area contributed by atoms with E-state index < -0.39 is 0 Å². The van der Waals surface area contributed by atoms with Gasteiger partial charge in [0.15, 0.2) is 0 Å². The third-order valence-electron chi connectivity index (χ3n) is 6.39. The number of benzene rings is 2. The fraction of sp³-hybridized carbons (Fsp3) is 0.320. The van der Waals surface area contributed by atoms with E-state index in [9.17, 15) is 9.59 Å². The van der Waals surface area contributed by atoms with Crippen LogP contribution < -0.4 is 10.5 Å².